The van der Waals surface area contributed by atoms with Gasteiger partial charge in [0.05, 0.1) is 23.6 Å². The number of fused-ring (bicyclic) bond motifs is 1. The van der Waals surface area contributed by atoms with Gasteiger partial charge >= 0.3 is 0 Å². The van der Waals surface area contributed by atoms with Crippen LogP contribution in [0.3, 0.4) is 0 Å². The molecule has 1 aromatic heterocycles. The fraction of sp³-hybridized carbons (Fsp3) is 0.174. The van der Waals surface area contributed by atoms with Gasteiger partial charge in [-0.25, -0.2) is 0 Å². The standard InChI is InChI=1S/C23H22N4O3/c24-19-5-1-2-6-21(19)27-23(29)16-7-9-18-15(12-16)8-10-20(18)26-22(28)14-30-17-4-3-11-25-13-17/h1-7,9,11-13,20H,8,10,14,24H2,(H,26,28)(H,27,29). The molecule has 0 bridgehead atoms. The number of pyridine rings is 1. The van der Waals surface area contributed by atoms with Crippen LogP contribution in [0, 0.1) is 0 Å². The van der Waals surface area contributed by atoms with E-state index in [1.807, 2.05) is 24.3 Å². The number of para-hydroxylation sites is 2. The van der Waals surface area contributed by atoms with Crippen molar-refractivity contribution in [1.29, 1.82) is 0 Å². The number of aromatic nitrogens is 1. The molecule has 0 saturated heterocycles. The fourth-order valence-electron chi connectivity index (χ4n) is 3.53. The van der Waals surface area contributed by atoms with Crippen molar-refractivity contribution >= 4 is 23.2 Å². The fourth-order valence-corrected chi connectivity index (χ4v) is 3.53. The normalized spacial score (nSPS) is 14.6. The number of nitrogens with zero attached hydrogens (tertiary/aromatic N) is 1. The average Bonchev–Trinajstić information content (AvgIpc) is 3.16. The summed E-state index contributed by atoms with van der Waals surface area (Å²) < 4.78 is 5.45. The summed E-state index contributed by atoms with van der Waals surface area (Å²) in [7, 11) is 0. The number of rotatable bonds is 6. The molecule has 2 aromatic carbocycles. The molecular weight excluding hydrogens is 380 g/mol. The van der Waals surface area contributed by atoms with Crippen LogP contribution in [0.15, 0.2) is 67.0 Å². The van der Waals surface area contributed by atoms with Crippen molar-refractivity contribution in [2.75, 3.05) is 17.7 Å². The predicted octanol–water partition coefficient (Wildman–Crippen LogP) is 3.10. The molecule has 30 heavy (non-hydrogen) atoms. The molecule has 152 valence electrons. The molecule has 4 rings (SSSR count). The first kappa shape index (κ1) is 19.4. The number of anilines is 2. The summed E-state index contributed by atoms with van der Waals surface area (Å²) >= 11 is 0. The summed E-state index contributed by atoms with van der Waals surface area (Å²) in [4.78, 5) is 28.8. The Morgan fingerprint density at radius 1 is 1.13 bits per heavy atom. The highest BCUT2D eigenvalue weighted by atomic mass is 16.5. The van der Waals surface area contributed by atoms with E-state index in [0.717, 1.165) is 24.0 Å². The number of ether oxygens (including phenoxy) is 1. The van der Waals surface area contributed by atoms with Crippen LogP contribution in [0.4, 0.5) is 11.4 Å². The van der Waals surface area contributed by atoms with Crippen molar-refractivity contribution in [3.8, 4) is 5.75 Å². The third-order valence-corrected chi connectivity index (χ3v) is 5.03. The Kier molecular flexibility index (Phi) is 5.61. The summed E-state index contributed by atoms with van der Waals surface area (Å²) in [6.07, 6.45) is 4.78. The minimum atomic E-state index is -0.215. The Balaban J connectivity index is 1.38. The van der Waals surface area contributed by atoms with Gasteiger partial charge in [0.25, 0.3) is 11.8 Å². The Bertz CT molecular complexity index is 1070. The second-order valence-corrected chi connectivity index (χ2v) is 7.09. The molecule has 1 aliphatic carbocycles. The molecule has 1 unspecified atom stereocenters. The summed E-state index contributed by atoms with van der Waals surface area (Å²) in [5.74, 6) is 0.139. The largest absolute Gasteiger partial charge is 0.482 e. The number of benzene rings is 2. The summed E-state index contributed by atoms with van der Waals surface area (Å²) in [5, 5.41) is 5.84. The monoisotopic (exact) mass is 402 g/mol. The van der Waals surface area contributed by atoms with E-state index in [4.69, 9.17) is 10.5 Å². The number of nitrogens with one attached hydrogen (secondary N) is 2. The maximum Gasteiger partial charge on any atom is 0.258 e. The first-order chi connectivity index (χ1) is 14.6. The molecule has 7 nitrogen and oxygen atoms in total. The maximum atomic E-state index is 12.6. The third-order valence-electron chi connectivity index (χ3n) is 5.03. The molecule has 2 amide bonds. The lowest BCUT2D eigenvalue weighted by molar-refractivity contribution is -0.123. The number of nitrogen functional groups attached to an aromatic ring is 1. The van der Waals surface area contributed by atoms with Crippen LogP contribution >= 0.6 is 0 Å². The first-order valence-corrected chi connectivity index (χ1v) is 9.71. The van der Waals surface area contributed by atoms with Gasteiger partial charge in [-0.3, -0.25) is 14.6 Å². The van der Waals surface area contributed by atoms with E-state index in [9.17, 15) is 9.59 Å². The second kappa shape index (κ2) is 8.65. The number of carbonyl (C=O) groups excluding carboxylic acids is 2. The van der Waals surface area contributed by atoms with Crippen LogP contribution in [0.5, 0.6) is 5.75 Å². The number of nitrogens with two attached hydrogens (primary N) is 1. The number of hydrogen-bond donors (Lipinski definition) is 3. The van der Waals surface area contributed by atoms with Crippen molar-refractivity contribution in [1.82, 2.24) is 10.3 Å². The van der Waals surface area contributed by atoms with E-state index in [2.05, 4.69) is 15.6 Å². The summed E-state index contributed by atoms with van der Waals surface area (Å²) in [5.41, 5.74) is 9.64. The van der Waals surface area contributed by atoms with Gasteiger partial charge in [0, 0.05) is 11.8 Å². The molecule has 0 saturated carbocycles. The van der Waals surface area contributed by atoms with Crippen LogP contribution < -0.4 is 21.1 Å². The molecule has 0 aliphatic heterocycles. The third kappa shape index (κ3) is 4.41. The summed E-state index contributed by atoms with van der Waals surface area (Å²) in [6.45, 7) is -0.0729. The highest BCUT2D eigenvalue weighted by molar-refractivity contribution is 6.05. The molecule has 4 N–H and O–H groups in total. The first-order valence-electron chi connectivity index (χ1n) is 9.71. The van der Waals surface area contributed by atoms with E-state index in [1.54, 1.807) is 42.7 Å². The van der Waals surface area contributed by atoms with Gasteiger partial charge in [-0.2, -0.15) is 0 Å². The Labute approximate surface area is 174 Å². The molecule has 1 heterocycles. The number of aryl methyl sites for hydroxylation is 1. The zero-order chi connectivity index (χ0) is 20.9. The maximum absolute atomic E-state index is 12.6. The van der Waals surface area contributed by atoms with Crippen LogP contribution in [0.2, 0.25) is 0 Å². The van der Waals surface area contributed by atoms with Gasteiger partial charge in [-0.15, -0.1) is 0 Å². The Morgan fingerprint density at radius 3 is 2.80 bits per heavy atom. The van der Waals surface area contributed by atoms with Crippen LogP contribution in [0.1, 0.15) is 33.9 Å². The molecule has 1 aliphatic rings. The van der Waals surface area contributed by atoms with Gasteiger partial charge in [-0.05, 0) is 60.4 Å². The van der Waals surface area contributed by atoms with Gasteiger partial charge in [0.15, 0.2) is 6.61 Å². The van der Waals surface area contributed by atoms with Gasteiger partial charge in [0.2, 0.25) is 0 Å². The van der Waals surface area contributed by atoms with Crippen LogP contribution in [-0.4, -0.2) is 23.4 Å². The Hall–Kier alpha value is -3.87. The minimum Gasteiger partial charge on any atom is -0.482 e. The Morgan fingerprint density at radius 2 is 2.00 bits per heavy atom. The van der Waals surface area contributed by atoms with E-state index in [0.29, 0.717) is 22.7 Å². The highest BCUT2D eigenvalue weighted by Crippen LogP contribution is 2.32. The van der Waals surface area contributed by atoms with Crippen LogP contribution in [0.25, 0.3) is 0 Å². The molecular formula is C23H22N4O3. The molecule has 3 aromatic rings. The van der Waals surface area contributed by atoms with Crippen LogP contribution in [-0.2, 0) is 11.2 Å². The zero-order valence-corrected chi connectivity index (χ0v) is 16.3. The second-order valence-electron chi connectivity index (χ2n) is 7.09. The lowest BCUT2D eigenvalue weighted by Gasteiger charge is -2.15. The smallest absolute Gasteiger partial charge is 0.258 e. The summed E-state index contributed by atoms with van der Waals surface area (Å²) in [6, 6.07) is 16.1. The van der Waals surface area contributed by atoms with Crippen molar-refractivity contribution < 1.29 is 14.3 Å². The van der Waals surface area contributed by atoms with Crippen molar-refractivity contribution in [2.24, 2.45) is 0 Å². The van der Waals surface area contributed by atoms with E-state index in [-0.39, 0.29) is 24.5 Å². The molecule has 1 atom stereocenters. The SMILES string of the molecule is Nc1ccccc1NC(=O)c1ccc2c(c1)CCC2NC(=O)COc1cccnc1. The number of amides is 2. The van der Waals surface area contributed by atoms with Gasteiger partial charge in [0.1, 0.15) is 5.75 Å². The van der Waals surface area contributed by atoms with Crippen molar-refractivity contribution in [3.05, 3.63) is 83.7 Å². The number of carbonyl (C=O) groups is 2. The van der Waals surface area contributed by atoms with Gasteiger partial charge in [-0.1, -0.05) is 18.2 Å². The highest BCUT2D eigenvalue weighted by Gasteiger charge is 2.25. The quantitative estimate of drug-likeness (QED) is 0.550. The van der Waals surface area contributed by atoms with E-state index in [1.165, 1.54) is 0 Å². The van der Waals surface area contributed by atoms with Gasteiger partial charge < -0.3 is 21.1 Å². The molecule has 0 radical (unpaired) electrons. The minimum absolute atomic E-state index is 0.0729. The van der Waals surface area contributed by atoms with E-state index >= 15 is 0 Å². The lowest BCUT2D eigenvalue weighted by Crippen LogP contribution is -2.31. The lowest BCUT2D eigenvalue weighted by atomic mass is 10.0. The predicted molar refractivity (Wildman–Crippen MR) is 114 cm³/mol. The molecule has 0 fully saturated rings. The molecule has 0 spiro atoms. The number of hydrogen-bond acceptors (Lipinski definition) is 5. The van der Waals surface area contributed by atoms with Crippen molar-refractivity contribution in [3.63, 3.8) is 0 Å². The zero-order valence-electron chi connectivity index (χ0n) is 16.3. The van der Waals surface area contributed by atoms with Crippen molar-refractivity contribution in [2.45, 2.75) is 18.9 Å². The topological polar surface area (TPSA) is 106 Å². The average molecular weight is 402 g/mol. The molecule has 7 heteroatoms. The van der Waals surface area contributed by atoms with E-state index < -0.39 is 0 Å².